The van der Waals surface area contributed by atoms with Crippen LogP contribution in [0, 0.1) is 5.82 Å². The summed E-state index contributed by atoms with van der Waals surface area (Å²) in [6, 6.07) is 5.82. The second kappa shape index (κ2) is 8.51. The number of hydrogen-bond donors (Lipinski definition) is 2. The van der Waals surface area contributed by atoms with Gasteiger partial charge in [0, 0.05) is 0 Å². The van der Waals surface area contributed by atoms with E-state index in [1.54, 1.807) is 18.2 Å². The molecule has 3 N–H and O–H groups in total. The Morgan fingerprint density at radius 1 is 1.26 bits per heavy atom. The summed E-state index contributed by atoms with van der Waals surface area (Å²) in [5.74, 6) is -0.793. The standard InChI is InChI=1S/C15H23FN2O/c1-2-3-4-5-6-11-14(15(17)19)18-13-10-8-7-9-12(13)16/h7-10,14,18H,2-6,11H2,1H3,(H2,17,19). The minimum Gasteiger partial charge on any atom is -0.371 e. The second-order valence-electron chi connectivity index (χ2n) is 4.78. The summed E-state index contributed by atoms with van der Waals surface area (Å²) in [6.45, 7) is 2.16. The zero-order valence-corrected chi connectivity index (χ0v) is 11.5. The van der Waals surface area contributed by atoms with Gasteiger partial charge < -0.3 is 11.1 Å². The molecule has 0 spiro atoms. The molecule has 4 heteroatoms. The molecular weight excluding hydrogens is 243 g/mol. The Morgan fingerprint density at radius 2 is 1.95 bits per heavy atom. The van der Waals surface area contributed by atoms with Gasteiger partial charge in [-0.05, 0) is 18.6 Å². The Balaban J connectivity index is 2.45. The molecular formula is C15H23FN2O. The lowest BCUT2D eigenvalue weighted by Crippen LogP contribution is -2.35. The summed E-state index contributed by atoms with van der Waals surface area (Å²) in [5, 5.41) is 2.89. The predicted molar refractivity (Wildman–Crippen MR) is 76.4 cm³/mol. The van der Waals surface area contributed by atoms with Crippen LogP contribution in [-0.4, -0.2) is 11.9 Å². The van der Waals surface area contributed by atoms with Gasteiger partial charge in [-0.15, -0.1) is 0 Å². The third-order valence-electron chi connectivity index (χ3n) is 3.14. The topological polar surface area (TPSA) is 55.1 Å². The van der Waals surface area contributed by atoms with Crippen LogP contribution >= 0.6 is 0 Å². The normalized spacial score (nSPS) is 12.1. The molecule has 1 aromatic carbocycles. The van der Waals surface area contributed by atoms with Crippen molar-refractivity contribution in [3.05, 3.63) is 30.1 Å². The minimum absolute atomic E-state index is 0.333. The molecule has 1 amide bonds. The second-order valence-corrected chi connectivity index (χ2v) is 4.78. The molecule has 0 aliphatic carbocycles. The first-order valence-electron chi connectivity index (χ1n) is 6.95. The zero-order chi connectivity index (χ0) is 14.1. The van der Waals surface area contributed by atoms with Gasteiger partial charge in [0.1, 0.15) is 11.9 Å². The Kier molecular flexibility index (Phi) is 6.93. The maximum Gasteiger partial charge on any atom is 0.239 e. The van der Waals surface area contributed by atoms with Gasteiger partial charge in [0.15, 0.2) is 0 Å². The highest BCUT2D eigenvalue weighted by atomic mass is 19.1. The summed E-state index contributed by atoms with van der Waals surface area (Å²) in [5.41, 5.74) is 5.68. The molecule has 0 radical (unpaired) electrons. The molecule has 1 unspecified atom stereocenters. The van der Waals surface area contributed by atoms with Gasteiger partial charge in [0.05, 0.1) is 5.69 Å². The number of carbonyl (C=O) groups excluding carboxylic acids is 1. The fourth-order valence-corrected chi connectivity index (χ4v) is 2.00. The molecule has 0 saturated heterocycles. The lowest BCUT2D eigenvalue weighted by Gasteiger charge is -2.17. The molecule has 0 saturated carbocycles. The number of anilines is 1. The predicted octanol–water partition coefficient (Wildman–Crippen LogP) is 3.45. The van der Waals surface area contributed by atoms with Gasteiger partial charge in [-0.2, -0.15) is 0 Å². The first-order chi connectivity index (χ1) is 9.15. The van der Waals surface area contributed by atoms with E-state index in [2.05, 4.69) is 12.2 Å². The largest absolute Gasteiger partial charge is 0.371 e. The van der Waals surface area contributed by atoms with E-state index in [-0.39, 0.29) is 5.82 Å². The van der Waals surface area contributed by atoms with Crippen molar-refractivity contribution in [1.82, 2.24) is 0 Å². The average Bonchev–Trinajstić information content (AvgIpc) is 2.39. The van der Waals surface area contributed by atoms with Crippen molar-refractivity contribution in [2.75, 3.05) is 5.32 Å². The smallest absolute Gasteiger partial charge is 0.239 e. The quantitative estimate of drug-likeness (QED) is 0.673. The Morgan fingerprint density at radius 3 is 2.58 bits per heavy atom. The van der Waals surface area contributed by atoms with Crippen molar-refractivity contribution >= 4 is 11.6 Å². The van der Waals surface area contributed by atoms with E-state index in [1.807, 2.05) is 0 Å². The number of rotatable bonds is 9. The number of halogens is 1. The van der Waals surface area contributed by atoms with Crippen LogP contribution < -0.4 is 11.1 Å². The van der Waals surface area contributed by atoms with Crippen LogP contribution in [0.1, 0.15) is 45.4 Å². The van der Waals surface area contributed by atoms with E-state index < -0.39 is 11.9 Å². The van der Waals surface area contributed by atoms with E-state index in [4.69, 9.17) is 5.73 Å². The maximum atomic E-state index is 13.5. The number of benzene rings is 1. The monoisotopic (exact) mass is 266 g/mol. The van der Waals surface area contributed by atoms with E-state index in [1.165, 1.54) is 25.3 Å². The van der Waals surface area contributed by atoms with Crippen LogP contribution in [-0.2, 0) is 4.79 Å². The van der Waals surface area contributed by atoms with Crippen molar-refractivity contribution in [2.45, 2.75) is 51.5 Å². The van der Waals surface area contributed by atoms with Gasteiger partial charge in [0.25, 0.3) is 0 Å². The number of amides is 1. The van der Waals surface area contributed by atoms with Crippen LogP contribution in [0.2, 0.25) is 0 Å². The molecule has 19 heavy (non-hydrogen) atoms. The third-order valence-corrected chi connectivity index (χ3v) is 3.14. The summed E-state index contributed by atoms with van der Waals surface area (Å²) in [4.78, 5) is 11.4. The van der Waals surface area contributed by atoms with Gasteiger partial charge in [0.2, 0.25) is 5.91 Å². The summed E-state index contributed by atoms with van der Waals surface area (Å²) in [6.07, 6.45) is 6.22. The van der Waals surface area contributed by atoms with Crippen LogP contribution in [0.4, 0.5) is 10.1 Å². The van der Waals surface area contributed by atoms with E-state index in [0.717, 1.165) is 12.8 Å². The molecule has 1 aromatic rings. The number of para-hydroxylation sites is 1. The molecule has 1 atom stereocenters. The summed E-state index contributed by atoms with van der Waals surface area (Å²) in [7, 11) is 0. The first-order valence-corrected chi connectivity index (χ1v) is 6.95. The van der Waals surface area contributed by atoms with Crippen LogP contribution in [0.3, 0.4) is 0 Å². The minimum atomic E-state index is -0.501. The number of carbonyl (C=O) groups is 1. The van der Waals surface area contributed by atoms with Gasteiger partial charge in [-0.25, -0.2) is 4.39 Å². The Hall–Kier alpha value is -1.58. The first kappa shape index (κ1) is 15.5. The average molecular weight is 266 g/mol. The molecule has 0 fully saturated rings. The van der Waals surface area contributed by atoms with Crippen molar-refractivity contribution in [3.63, 3.8) is 0 Å². The fourth-order valence-electron chi connectivity index (χ4n) is 2.00. The van der Waals surface area contributed by atoms with Gasteiger partial charge >= 0.3 is 0 Å². The number of nitrogens with two attached hydrogens (primary N) is 1. The zero-order valence-electron chi connectivity index (χ0n) is 11.5. The molecule has 0 aliphatic rings. The molecule has 0 aliphatic heterocycles. The lowest BCUT2D eigenvalue weighted by atomic mass is 10.1. The highest BCUT2D eigenvalue weighted by Crippen LogP contribution is 2.16. The fraction of sp³-hybridized carbons (Fsp3) is 0.533. The van der Waals surface area contributed by atoms with Crippen molar-refractivity contribution in [1.29, 1.82) is 0 Å². The Bertz CT molecular complexity index is 395. The Labute approximate surface area is 114 Å². The summed E-state index contributed by atoms with van der Waals surface area (Å²) < 4.78 is 13.5. The third kappa shape index (κ3) is 5.73. The number of nitrogens with one attached hydrogen (secondary N) is 1. The molecule has 3 nitrogen and oxygen atoms in total. The molecule has 0 bridgehead atoms. The highest BCUT2D eigenvalue weighted by molar-refractivity contribution is 5.82. The molecule has 0 heterocycles. The lowest BCUT2D eigenvalue weighted by molar-refractivity contribution is -0.118. The SMILES string of the molecule is CCCCCCCC(Nc1ccccc1F)C(N)=O. The number of unbranched alkanes of at least 4 members (excludes halogenated alkanes) is 4. The van der Waals surface area contributed by atoms with E-state index >= 15 is 0 Å². The highest BCUT2D eigenvalue weighted by Gasteiger charge is 2.15. The van der Waals surface area contributed by atoms with Crippen molar-refractivity contribution in [2.24, 2.45) is 5.73 Å². The maximum absolute atomic E-state index is 13.5. The van der Waals surface area contributed by atoms with Crippen LogP contribution in [0.25, 0.3) is 0 Å². The molecule has 0 aromatic heterocycles. The van der Waals surface area contributed by atoms with Gasteiger partial charge in [-0.1, -0.05) is 51.2 Å². The number of hydrogen-bond acceptors (Lipinski definition) is 2. The van der Waals surface area contributed by atoms with E-state index in [0.29, 0.717) is 12.1 Å². The van der Waals surface area contributed by atoms with Gasteiger partial charge in [-0.3, -0.25) is 4.79 Å². The van der Waals surface area contributed by atoms with Crippen LogP contribution in [0.15, 0.2) is 24.3 Å². The molecule has 106 valence electrons. The number of primary amides is 1. The van der Waals surface area contributed by atoms with E-state index in [9.17, 15) is 9.18 Å². The van der Waals surface area contributed by atoms with Crippen molar-refractivity contribution in [3.8, 4) is 0 Å². The van der Waals surface area contributed by atoms with Crippen molar-refractivity contribution < 1.29 is 9.18 Å². The molecule has 1 rings (SSSR count). The van der Waals surface area contributed by atoms with Crippen LogP contribution in [0.5, 0.6) is 0 Å². The summed E-state index contributed by atoms with van der Waals surface area (Å²) >= 11 is 0.